The molecule has 1 amide bonds. The molecule has 1 saturated heterocycles. The van der Waals surface area contributed by atoms with E-state index in [1.165, 1.54) is 11.8 Å². The third-order valence-corrected chi connectivity index (χ3v) is 4.56. The van der Waals surface area contributed by atoms with Crippen molar-refractivity contribution >= 4 is 17.2 Å². The van der Waals surface area contributed by atoms with E-state index >= 15 is 0 Å². The van der Waals surface area contributed by atoms with Crippen LogP contribution in [0.1, 0.15) is 15.9 Å². The number of fused-ring (bicyclic) bond motifs is 1. The van der Waals surface area contributed by atoms with Gasteiger partial charge >= 0.3 is 0 Å². The number of morpholine rings is 1. The summed E-state index contributed by atoms with van der Waals surface area (Å²) < 4.78 is 6.96. The number of rotatable bonds is 5. The van der Waals surface area contributed by atoms with Crippen molar-refractivity contribution in [2.75, 3.05) is 38.2 Å². The van der Waals surface area contributed by atoms with Crippen molar-refractivity contribution < 1.29 is 9.53 Å². The zero-order chi connectivity index (χ0) is 17.8. The molecule has 1 N–H and O–H groups in total. The Morgan fingerprint density at radius 2 is 2.00 bits per heavy atom. The van der Waals surface area contributed by atoms with E-state index < -0.39 is 0 Å². The van der Waals surface area contributed by atoms with E-state index in [4.69, 9.17) is 4.74 Å². The summed E-state index contributed by atoms with van der Waals surface area (Å²) in [6, 6.07) is 9.77. The Kier molecular flexibility index (Phi) is 4.90. The number of ether oxygens (including phenoxy) is 1. The Balaban J connectivity index is 1.37. The molecule has 0 unspecified atom stereocenters. The molecule has 1 aliphatic rings. The van der Waals surface area contributed by atoms with Gasteiger partial charge in [-0.1, -0.05) is 12.1 Å². The number of aromatic nitrogens is 3. The van der Waals surface area contributed by atoms with Crippen molar-refractivity contribution in [2.45, 2.75) is 6.42 Å². The molecule has 1 aliphatic heterocycles. The third-order valence-electron chi connectivity index (χ3n) is 4.56. The molecule has 1 aromatic carbocycles. The van der Waals surface area contributed by atoms with Crippen molar-refractivity contribution in [2.24, 2.45) is 0 Å². The Morgan fingerprint density at radius 3 is 2.81 bits per heavy atom. The Hall–Kier alpha value is -2.77. The van der Waals surface area contributed by atoms with Crippen LogP contribution in [0.2, 0.25) is 0 Å². The van der Waals surface area contributed by atoms with Gasteiger partial charge in [0.15, 0.2) is 5.65 Å². The van der Waals surface area contributed by atoms with Crippen molar-refractivity contribution in [1.29, 1.82) is 0 Å². The zero-order valence-electron chi connectivity index (χ0n) is 14.5. The maximum atomic E-state index is 12.5. The van der Waals surface area contributed by atoms with E-state index in [0.717, 1.165) is 45.0 Å². The Labute approximate surface area is 151 Å². The molecule has 0 atom stereocenters. The molecule has 4 rings (SSSR count). The summed E-state index contributed by atoms with van der Waals surface area (Å²) >= 11 is 0. The fraction of sp³-hybridized carbons (Fsp3) is 0.316. The number of benzene rings is 1. The van der Waals surface area contributed by atoms with Crippen LogP contribution in [-0.2, 0) is 11.2 Å². The monoisotopic (exact) mass is 351 g/mol. The van der Waals surface area contributed by atoms with Crippen LogP contribution in [0.25, 0.3) is 5.65 Å². The van der Waals surface area contributed by atoms with Crippen molar-refractivity contribution in [1.82, 2.24) is 19.5 Å². The standard InChI is InChI=1S/C19H21N5O2/c25-19(17-14-21-24-8-1-7-20-18(17)24)22-16-4-2-15(3-5-16)6-9-23-10-12-26-13-11-23/h1-5,7-8,14H,6,9-13H2,(H,22,25). The van der Waals surface area contributed by atoms with Gasteiger partial charge in [0.1, 0.15) is 5.56 Å². The lowest BCUT2D eigenvalue weighted by molar-refractivity contribution is 0.0384. The van der Waals surface area contributed by atoms with Gasteiger partial charge in [0.05, 0.1) is 19.4 Å². The van der Waals surface area contributed by atoms with Crippen LogP contribution in [0.15, 0.2) is 48.9 Å². The van der Waals surface area contributed by atoms with E-state index in [1.807, 2.05) is 12.1 Å². The summed E-state index contributed by atoms with van der Waals surface area (Å²) in [5, 5.41) is 7.05. The third kappa shape index (κ3) is 3.74. The number of nitrogens with one attached hydrogen (secondary N) is 1. The van der Waals surface area contributed by atoms with Crippen LogP contribution in [0.3, 0.4) is 0 Å². The average molecular weight is 351 g/mol. The van der Waals surface area contributed by atoms with Crippen LogP contribution in [0, 0.1) is 0 Å². The van der Waals surface area contributed by atoms with E-state index in [1.54, 1.807) is 23.0 Å². The molecular formula is C19H21N5O2. The summed E-state index contributed by atoms with van der Waals surface area (Å²) in [6.07, 6.45) is 5.94. The second-order valence-corrected chi connectivity index (χ2v) is 6.30. The molecule has 0 bridgehead atoms. The van der Waals surface area contributed by atoms with Gasteiger partial charge in [-0.15, -0.1) is 0 Å². The van der Waals surface area contributed by atoms with E-state index in [2.05, 4.69) is 32.4 Å². The van der Waals surface area contributed by atoms with Gasteiger partial charge in [-0.2, -0.15) is 5.10 Å². The highest BCUT2D eigenvalue weighted by atomic mass is 16.5. The predicted molar refractivity (Wildman–Crippen MR) is 98.3 cm³/mol. The topological polar surface area (TPSA) is 71.8 Å². The van der Waals surface area contributed by atoms with Gasteiger partial charge in [-0.05, 0) is 30.2 Å². The van der Waals surface area contributed by atoms with Crippen molar-refractivity contribution in [3.05, 3.63) is 60.0 Å². The predicted octanol–water partition coefficient (Wildman–Crippen LogP) is 1.86. The SMILES string of the molecule is O=C(Nc1ccc(CCN2CCOCC2)cc1)c1cnn2cccnc12. The highest BCUT2D eigenvalue weighted by Crippen LogP contribution is 2.14. The lowest BCUT2D eigenvalue weighted by Crippen LogP contribution is -2.37. The van der Waals surface area contributed by atoms with Gasteiger partial charge in [0, 0.05) is 37.7 Å². The fourth-order valence-corrected chi connectivity index (χ4v) is 3.05. The van der Waals surface area contributed by atoms with E-state index in [0.29, 0.717) is 11.2 Å². The normalized spacial score (nSPS) is 15.2. The quantitative estimate of drug-likeness (QED) is 0.760. The lowest BCUT2D eigenvalue weighted by atomic mass is 10.1. The van der Waals surface area contributed by atoms with Gasteiger partial charge in [0.25, 0.3) is 5.91 Å². The first kappa shape index (κ1) is 16.7. The van der Waals surface area contributed by atoms with Crippen molar-refractivity contribution in [3.63, 3.8) is 0 Å². The number of amides is 1. The molecule has 2 aromatic heterocycles. The summed E-state index contributed by atoms with van der Waals surface area (Å²) in [4.78, 5) is 19.1. The number of anilines is 1. The molecular weight excluding hydrogens is 330 g/mol. The number of nitrogens with zero attached hydrogens (tertiary/aromatic N) is 4. The van der Waals surface area contributed by atoms with Crippen LogP contribution >= 0.6 is 0 Å². The van der Waals surface area contributed by atoms with Gasteiger partial charge in [-0.25, -0.2) is 9.50 Å². The second-order valence-electron chi connectivity index (χ2n) is 6.30. The van der Waals surface area contributed by atoms with Crippen LogP contribution in [0.5, 0.6) is 0 Å². The molecule has 26 heavy (non-hydrogen) atoms. The molecule has 3 heterocycles. The number of hydrogen-bond donors (Lipinski definition) is 1. The first-order chi connectivity index (χ1) is 12.8. The van der Waals surface area contributed by atoms with E-state index in [9.17, 15) is 4.79 Å². The first-order valence-electron chi connectivity index (χ1n) is 8.78. The lowest BCUT2D eigenvalue weighted by Gasteiger charge is -2.26. The van der Waals surface area contributed by atoms with Gasteiger partial charge in [-0.3, -0.25) is 9.69 Å². The summed E-state index contributed by atoms with van der Waals surface area (Å²) in [6.45, 7) is 4.68. The summed E-state index contributed by atoms with van der Waals surface area (Å²) in [5.41, 5.74) is 3.03. The highest BCUT2D eigenvalue weighted by Gasteiger charge is 2.14. The molecule has 134 valence electrons. The highest BCUT2D eigenvalue weighted by molar-refractivity contribution is 6.08. The maximum absolute atomic E-state index is 12.5. The Morgan fingerprint density at radius 1 is 1.19 bits per heavy atom. The summed E-state index contributed by atoms with van der Waals surface area (Å²) in [7, 11) is 0. The maximum Gasteiger partial charge on any atom is 0.261 e. The van der Waals surface area contributed by atoms with Crippen molar-refractivity contribution in [3.8, 4) is 0 Å². The minimum atomic E-state index is -0.209. The molecule has 1 fully saturated rings. The van der Waals surface area contributed by atoms with Gasteiger partial charge in [0.2, 0.25) is 0 Å². The number of hydrogen-bond acceptors (Lipinski definition) is 5. The first-order valence-corrected chi connectivity index (χ1v) is 8.78. The van der Waals surface area contributed by atoms with E-state index in [-0.39, 0.29) is 5.91 Å². The fourth-order valence-electron chi connectivity index (χ4n) is 3.05. The number of carbonyl (C=O) groups excluding carboxylic acids is 1. The summed E-state index contributed by atoms with van der Waals surface area (Å²) in [5.74, 6) is -0.209. The zero-order valence-corrected chi connectivity index (χ0v) is 14.5. The molecule has 7 heteroatoms. The minimum absolute atomic E-state index is 0.209. The van der Waals surface area contributed by atoms with Crippen LogP contribution < -0.4 is 5.32 Å². The average Bonchev–Trinajstić information content (AvgIpc) is 3.12. The molecule has 0 spiro atoms. The molecule has 3 aromatic rings. The Bertz CT molecular complexity index is 884. The van der Waals surface area contributed by atoms with Crippen LogP contribution in [-0.4, -0.2) is 58.3 Å². The molecule has 0 radical (unpaired) electrons. The molecule has 0 saturated carbocycles. The van der Waals surface area contributed by atoms with Crippen LogP contribution in [0.4, 0.5) is 5.69 Å². The molecule has 7 nitrogen and oxygen atoms in total. The molecule has 0 aliphatic carbocycles. The minimum Gasteiger partial charge on any atom is -0.379 e. The van der Waals surface area contributed by atoms with Gasteiger partial charge < -0.3 is 10.1 Å². The second kappa shape index (κ2) is 7.63. The number of carbonyl (C=O) groups is 1. The largest absolute Gasteiger partial charge is 0.379 e. The smallest absolute Gasteiger partial charge is 0.261 e.